The van der Waals surface area contributed by atoms with Crippen LogP contribution >= 0.6 is 0 Å². The van der Waals surface area contributed by atoms with Crippen molar-refractivity contribution in [2.24, 2.45) is 0 Å². The monoisotopic (exact) mass is 188 g/mol. The number of amides is 1. The Hall–Kier alpha value is -0.810. The number of carbonyl (C=O) groups excluding carboxylic acids is 1. The van der Waals surface area contributed by atoms with Crippen molar-refractivity contribution in [1.29, 1.82) is 0 Å². The Morgan fingerprint density at radius 2 is 2.31 bits per heavy atom. The first-order chi connectivity index (χ1) is 6.19. The highest BCUT2D eigenvalue weighted by Gasteiger charge is 2.28. The van der Waals surface area contributed by atoms with Crippen molar-refractivity contribution >= 4 is 6.09 Å². The van der Waals surface area contributed by atoms with Gasteiger partial charge in [-0.1, -0.05) is 0 Å². The standard InChI is InChI=1S/C8H16N2O3/c1-9-3-4-10(8(12)13-2)7(5-9)6-11/h7,11H,3-6H2,1-2H3. The molecule has 1 aliphatic rings. The topological polar surface area (TPSA) is 53.0 Å². The molecule has 1 fully saturated rings. The molecule has 1 rings (SSSR count). The maximum atomic E-state index is 11.2. The van der Waals surface area contributed by atoms with Crippen LogP contribution in [-0.4, -0.2) is 67.4 Å². The minimum absolute atomic E-state index is 0.0144. The second kappa shape index (κ2) is 4.43. The summed E-state index contributed by atoms with van der Waals surface area (Å²) < 4.78 is 4.61. The Kier molecular flexibility index (Phi) is 3.50. The van der Waals surface area contributed by atoms with Crippen LogP contribution in [0.1, 0.15) is 0 Å². The van der Waals surface area contributed by atoms with Crippen LogP contribution in [0.2, 0.25) is 0 Å². The van der Waals surface area contributed by atoms with Gasteiger partial charge in [-0.2, -0.15) is 0 Å². The lowest BCUT2D eigenvalue weighted by molar-refractivity contribution is 0.0418. The molecule has 76 valence electrons. The van der Waals surface area contributed by atoms with Gasteiger partial charge >= 0.3 is 6.09 Å². The molecule has 1 aliphatic heterocycles. The Morgan fingerprint density at radius 1 is 1.62 bits per heavy atom. The van der Waals surface area contributed by atoms with Gasteiger partial charge in [-0.25, -0.2) is 4.79 Å². The van der Waals surface area contributed by atoms with Gasteiger partial charge in [0.15, 0.2) is 0 Å². The number of aliphatic hydroxyl groups is 1. The number of nitrogens with zero attached hydrogens (tertiary/aromatic N) is 2. The van der Waals surface area contributed by atoms with Gasteiger partial charge in [-0.15, -0.1) is 0 Å². The Bertz CT molecular complexity index is 186. The molecule has 1 N–H and O–H groups in total. The van der Waals surface area contributed by atoms with Gasteiger partial charge in [0, 0.05) is 19.6 Å². The lowest BCUT2D eigenvalue weighted by Gasteiger charge is -2.37. The zero-order chi connectivity index (χ0) is 9.84. The summed E-state index contributed by atoms with van der Waals surface area (Å²) in [5, 5.41) is 9.05. The summed E-state index contributed by atoms with van der Waals surface area (Å²) in [4.78, 5) is 14.9. The number of rotatable bonds is 1. The van der Waals surface area contributed by atoms with Gasteiger partial charge in [0.25, 0.3) is 0 Å². The third-order valence-corrected chi connectivity index (χ3v) is 2.31. The first kappa shape index (κ1) is 10.3. The van der Waals surface area contributed by atoms with Gasteiger partial charge in [-0.3, -0.25) is 0 Å². The zero-order valence-corrected chi connectivity index (χ0v) is 8.06. The van der Waals surface area contributed by atoms with E-state index in [4.69, 9.17) is 5.11 Å². The molecule has 0 aromatic rings. The molecule has 0 aromatic carbocycles. The van der Waals surface area contributed by atoms with Gasteiger partial charge in [0.2, 0.25) is 0 Å². The van der Waals surface area contributed by atoms with Crippen LogP contribution in [0, 0.1) is 0 Å². The predicted molar refractivity (Wildman–Crippen MR) is 47.5 cm³/mol. The van der Waals surface area contributed by atoms with Crippen molar-refractivity contribution in [1.82, 2.24) is 9.80 Å². The molecule has 0 aliphatic carbocycles. The van der Waals surface area contributed by atoms with E-state index in [1.165, 1.54) is 7.11 Å². The van der Waals surface area contributed by atoms with E-state index < -0.39 is 0 Å². The van der Waals surface area contributed by atoms with E-state index in [0.29, 0.717) is 13.1 Å². The van der Waals surface area contributed by atoms with Crippen LogP contribution in [0.25, 0.3) is 0 Å². The summed E-state index contributed by atoms with van der Waals surface area (Å²) in [5.74, 6) is 0. The van der Waals surface area contributed by atoms with Crippen molar-refractivity contribution in [3.8, 4) is 0 Å². The quantitative estimate of drug-likeness (QED) is 0.595. The van der Waals surface area contributed by atoms with Crippen LogP contribution in [0.4, 0.5) is 4.79 Å². The van der Waals surface area contributed by atoms with Crippen molar-refractivity contribution in [2.45, 2.75) is 6.04 Å². The Balaban J connectivity index is 2.57. The first-order valence-corrected chi connectivity index (χ1v) is 4.33. The van der Waals surface area contributed by atoms with Gasteiger partial charge in [-0.05, 0) is 7.05 Å². The Morgan fingerprint density at radius 3 is 2.85 bits per heavy atom. The molecule has 0 spiro atoms. The molecule has 1 heterocycles. The average molecular weight is 188 g/mol. The second-order valence-electron chi connectivity index (χ2n) is 3.26. The molecule has 0 aromatic heterocycles. The lowest BCUT2D eigenvalue weighted by Crippen LogP contribution is -2.55. The molecular formula is C8H16N2O3. The number of carbonyl (C=O) groups is 1. The molecule has 0 bridgehead atoms. The highest BCUT2D eigenvalue weighted by atomic mass is 16.5. The normalized spacial score (nSPS) is 24.5. The summed E-state index contributed by atoms with van der Waals surface area (Å²) in [6.45, 7) is 2.13. The molecule has 1 amide bonds. The summed E-state index contributed by atoms with van der Waals surface area (Å²) in [5.41, 5.74) is 0. The first-order valence-electron chi connectivity index (χ1n) is 4.33. The van der Waals surface area contributed by atoms with Crippen LogP contribution in [0.3, 0.4) is 0 Å². The summed E-state index contributed by atoms with van der Waals surface area (Å²) in [6.07, 6.45) is -0.354. The maximum Gasteiger partial charge on any atom is 0.409 e. The van der Waals surface area contributed by atoms with E-state index in [-0.39, 0.29) is 18.7 Å². The fraction of sp³-hybridized carbons (Fsp3) is 0.875. The zero-order valence-electron chi connectivity index (χ0n) is 8.06. The number of hydrogen-bond donors (Lipinski definition) is 1. The molecule has 1 saturated heterocycles. The minimum Gasteiger partial charge on any atom is -0.453 e. The molecule has 1 unspecified atom stereocenters. The summed E-state index contributed by atoms with van der Waals surface area (Å²) in [6, 6.07) is -0.133. The average Bonchev–Trinajstić information content (AvgIpc) is 2.16. The van der Waals surface area contributed by atoms with Crippen LogP contribution in [0.5, 0.6) is 0 Å². The highest BCUT2D eigenvalue weighted by Crippen LogP contribution is 2.08. The fourth-order valence-electron chi connectivity index (χ4n) is 1.52. The van der Waals surface area contributed by atoms with Gasteiger partial charge in [0.05, 0.1) is 19.8 Å². The van der Waals surface area contributed by atoms with Gasteiger partial charge in [0.1, 0.15) is 0 Å². The molecule has 1 atom stereocenters. The number of ether oxygens (including phenoxy) is 1. The number of likely N-dealkylation sites (N-methyl/N-ethyl adjacent to an activating group) is 1. The van der Waals surface area contributed by atoms with E-state index in [1.807, 2.05) is 7.05 Å². The number of aliphatic hydroxyl groups excluding tert-OH is 1. The highest BCUT2D eigenvalue weighted by molar-refractivity contribution is 5.68. The minimum atomic E-state index is -0.354. The predicted octanol–water partition coefficient (Wildman–Crippen LogP) is -0.639. The second-order valence-corrected chi connectivity index (χ2v) is 3.26. The molecule has 5 heteroatoms. The third-order valence-electron chi connectivity index (χ3n) is 2.31. The van der Waals surface area contributed by atoms with E-state index in [0.717, 1.165) is 6.54 Å². The number of methoxy groups -OCH3 is 1. The van der Waals surface area contributed by atoms with Crippen molar-refractivity contribution < 1.29 is 14.6 Å². The van der Waals surface area contributed by atoms with Crippen LogP contribution < -0.4 is 0 Å². The van der Waals surface area contributed by atoms with Crippen molar-refractivity contribution in [3.63, 3.8) is 0 Å². The van der Waals surface area contributed by atoms with E-state index in [1.54, 1.807) is 4.90 Å². The number of hydrogen-bond acceptors (Lipinski definition) is 4. The Labute approximate surface area is 77.9 Å². The lowest BCUT2D eigenvalue weighted by atomic mass is 10.2. The van der Waals surface area contributed by atoms with Crippen molar-refractivity contribution in [2.75, 3.05) is 40.4 Å². The molecule has 5 nitrogen and oxygen atoms in total. The van der Waals surface area contributed by atoms with E-state index in [2.05, 4.69) is 9.64 Å². The largest absolute Gasteiger partial charge is 0.453 e. The maximum absolute atomic E-state index is 11.2. The molecule has 13 heavy (non-hydrogen) atoms. The summed E-state index contributed by atoms with van der Waals surface area (Å²) in [7, 11) is 3.33. The van der Waals surface area contributed by atoms with E-state index in [9.17, 15) is 4.79 Å². The van der Waals surface area contributed by atoms with Crippen LogP contribution in [0.15, 0.2) is 0 Å². The van der Waals surface area contributed by atoms with Crippen molar-refractivity contribution in [3.05, 3.63) is 0 Å². The number of piperazine rings is 1. The SMILES string of the molecule is COC(=O)N1CCN(C)CC1CO. The molecular weight excluding hydrogens is 172 g/mol. The third kappa shape index (κ3) is 2.32. The smallest absolute Gasteiger partial charge is 0.409 e. The summed E-state index contributed by atoms with van der Waals surface area (Å²) >= 11 is 0. The molecule has 0 radical (unpaired) electrons. The fourth-order valence-corrected chi connectivity index (χ4v) is 1.52. The van der Waals surface area contributed by atoms with E-state index >= 15 is 0 Å². The molecule has 0 saturated carbocycles. The van der Waals surface area contributed by atoms with Gasteiger partial charge < -0.3 is 19.6 Å². The van der Waals surface area contributed by atoms with Crippen LogP contribution in [-0.2, 0) is 4.74 Å².